The van der Waals surface area contributed by atoms with Crippen molar-refractivity contribution in [3.63, 3.8) is 0 Å². The van der Waals surface area contributed by atoms with Crippen molar-refractivity contribution < 1.29 is 19.1 Å². The van der Waals surface area contributed by atoms with E-state index < -0.39 is 12.1 Å². The van der Waals surface area contributed by atoms with Crippen LogP contribution in [0.2, 0.25) is 0 Å². The number of amides is 4. The van der Waals surface area contributed by atoms with Crippen molar-refractivity contribution in [1.29, 1.82) is 0 Å². The van der Waals surface area contributed by atoms with Gasteiger partial charge in [0.15, 0.2) is 0 Å². The van der Waals surface area contributed by atoms with Crippen molar-refractivity contribution >= 4 is 17.8 Å². The molecule has 8 heteroatoms. The van der Waals surface area contributed by atoms with Gasteiger partial charge in [-0.1, -0.05) is 68.4 Å². The van der Waals surface area contributed by atoms with E-state index in [0.717, 1.165) is 17.5 Å². The minimum Gasteiger partial charge on any atom is -0.457 e. The molecule has 0 radical (unpaired) electrons. The van der Waals surface area contributed by atoms with Crippen molar-refractivity contribution in [2.75, 3.05) is 19.6 Å². The fourth-order valence-electron chi connectivity index (χ4n) is 6.43. The number of nitrogens with zero attached hydrogens (tertiary/aromatic N) is 3. The maximum atomic E-state index is 14.4. The Morgan fingerprint density at radius 3 is 2.40 bits per heavy atom. The molecule has 6 rings (SSSR count). The Labute approximate surface area is 252 Å². The zero-order chi connectivity index (χ0) is 30.1. The molecular weight excluding hydrogens is 540 g/mol. The topological polar surface area (TPSA) is 82.2 Å². The summed E-state index contributed by atoms with van der Waals surface area (Å²) in [4.78, 5) is 47.1. The van der Waals surface area contributed by atoms with Gasteiger partial charge in [-0.15, -0.1) is 0 Å². The molecule has 0 spiro atoms. The third kappa shape index (κ3) is 5.61. The van der Waals surface area contributed by atoms with Gasteiger partial charge in [0.25, 0.3) is 5.91 Å². The molecule has 0 fully saturated rings. The van der Waals surface area contributed by atoms with Crippen LogP contribution in [0.25, 0.3) is 0 Å². The van der Waals surface area contributed by atoms with E-state index in [1.165, 1.54) is 5.56 Å². The molecule has 8 nitrogen and oxygen atoms in total. The molecule has 1 N–H and O–H groups in total. The molecule has 3 aromatic rings. The van der Waals surface area contributed by atoms with Crippen LogP contribution < -0.4 is 10.1 Å². The van der Waals surface area contributed by atoms with Crippen LogP contribution in [0.15, 0.2) is 90.1 Å². The van der Waals surface area contributed by atoms with E-state index in [0.29, 0.717) is 48.8 Å². The number of para-hydroxylation sites is 1. The lowest BCUT2D eigenvalue weighted by molar-refractivity contribution is -0.144. The van der Waals surface area contributed by atoms with E-state index in [4.69, 9.17) is 4.74 Å². The Hall–Kier alpha value is -4.59. The molecule has 3 heterocycles. The Bertz CT molecular complexity index is 1570. The van der Waals surface area contributed by atoms with Crippen LogP contribution in [0.1, 0.15) is 49.9 Å². The van der Waals surface area contributed by atoms with E-state index in [9.17, 15) is 14.4 Å². The average Bonchev–Trinajstić information content (AvgIpc) is 3.35. The molecule has 0 aliphatic carbocycles. The Morgan fingerprint density at radius 1 is 0.930 bits per heavy atom. The fourth-order valence-corrected chi connectivity index (χ4v) is 6.43. The molecule has 222 valence electrons. The highest BCUT2D eigenvalue weighted by atomic mass is 16.5. The first-order valence-corrected chi connectivity index (χ1v) is 15.1. The Morgan fingerprint density at radius 2 is 1.65 bits per heavy atom. The van der Waals surface area contributed by atoms with Gasteiger partial charge in [-0.3, -0.25) is 14.5 Å². The van der Waals surface area contributed by atoms with Gasteiger partial charge in [-0.05, 0) is 66.6 Å². The number of nitrogens with one attached hydrogen (secondary N) is 1. The maximum Gasteiger partial charge on any atom is 0.322 e. The number of carbonyl (C=O) groups excluding carboxylic acids is 3. The largest absolute Gasteiger partial charge is 0.457 e. The second kappa shape index (κ2) is 12.0. The van der Waals surface area contributed by atoms with Crippen LogP contribution in [-0.2, 0) is 22.6 Å². The van der Waals surface area contributed by atoms with Crippen molar-refractivity contribution in [2.45, 2.75) is 52.2 Å². The lowest BCUT2D eigenvalue weighted by Gasteiger charge is -2.36. The summed E-state index contributed by atoms with van der Waals surface area (Å²) in [5, 5.41) is 3.06. The van der Waals surface area contributed by atoms with Crippen LogP contribution in [0.5, 0.6) is 11.5 Å². The van der Waals surface area contributed by atoms with Gasteiger partial charge in [0, 0.05) is 19.6 Å². The van der Waals surface area contributed by atoms with E-state index >= 15 is 0 Å². The van der Waals surface area contributed by atoms with E-state index in [1.54, 1.807) is 9.80 Å². The molecule has 0 bridgehead atoms. The quantitative estimate of drug-likeness (QED) is 0.374. The summed E-state index contributed by atoms with van der Waals surface area (Å²) in [7, 11) is 0. The lowest BCUT2D eigenvalue weighted by atomic mass is 9.95. The van der Waals surface area contributed by atoms with Gasteiger partial charge in [-0.25, -0.2) is 4.79 Å². The number of carbonyl (C=O) groups is 3. The Balaban J connectivity index is 1.31. The smallest absolute Gasteiger partial charge is 0.322 e. The van der Waals surface area contributed by atoms with Crippen LogP contribution in [0.4, 0.5) is 4.79 Å². The molecule has 43 heavy (non-hydrogen) atoms. The van der Waals surface area contributed by atoms with Crippen molar-refractivity contribution in [2.24, 2.45) is 5.92 Å². The molecule has 0 saturated heterocycles. The van der Waals surface area contributed by atoms with Crippen LogP contribution in [0.3, 0.4) is 0 Å². The average molecular weight is 579 g/mol. The number of hydrogen-bond donors (Lipinski definition) is 1. The monoisotopic (exact) mass is 578 g/mol. The highest BCUT2D eigenvalue weighted by Crippen LogP contribution is 2.39. The zero-order valence-corrected chi connectivity index (χ0v) is 25.0. The summed E-state index contributed by atoms with van der Waals surface area (Å²) >= 11 is 0. The molecule has 3 aliphatic rings. The summed E-state index contributed by atoms with van der Waals surface area (Å²) in [6.07, 6.45) is 1.34. The van der Waals surface area contributed by atoms with Crippen LogP contribution in [0, 0.1) is 5.92 Å². The summed E-state index contributed by atoms with van der Waals surface area (Å²) in [6.45, 7) is 7.84. The normalized spacial score (nSPS) is 18.9. The highest BCUT2D eigenvalue weighted by molar-refractivity contribution is 6.03. The number of urea groups is 1. The number of likely N-dealkylation sites (N-methyl/N-ethyl adjacent to an activating group) is 1. The first kappa shape index (κ1) is 28.5. The Kier molecular flexibility index (Phi) is 7.93. The van der Waals surface area contributed by atoms with Gasteiger partial charge in [-0.2, -0.15) is 0 Å². The predicted octanol–water partition coefficient (Wildman–Crippen LogP) is 5.66. The van der Waals surface area contributed by atoms with Crippen LogP contribution in [-0.4, -0.2) is 58.2 Å². The lowest BCUT2D eigenvalue weighted by Crippen LogP contribution is -2.51. The SMILES string of the molecule is CCN1C(=O)N[C@H](c2cccc(Oc3ccccc3)c2)C2=C1CN([C@H](CC(C)C)C(=O)N1CCc3ccccc3C1)C2=O. The van der Waals surface area contributed by atoms with Crippen LogP contribution >= 0.6 is 0 Å². The van der Waals surface area contributed by atoms with Gasteiger partial charge >= 0.3 is 6.03 Å². The number of fused-ring (bicyclic) bond motifs is 1. The fraction of sp³-hybridized carbons (Fsp3) is 0.343. The van der Waals surface area contributed by atoms with Crippen molar-refractivity contribution in [1.82, 2.24) is 20.0 Å². The third-order valence-corrected chi connectivity index (χ3v) is 8.53. The standard InChI is InChI=1S/C35H38N4O4/c1-4-38-30-22-39(29(19-23(2)3)33(40)37-18-17-24-11-8-9-12-26(24)21-37)34(41)31(30)32(36-35(38)42)25-13-10-16-28(20-25)43-27-14-6-5-7-15-27/h5-16,20,23,29,32H,4,17-19,21-22H2,1-3H3,(H,36,42)/t29-,32-/m1/s1. The first-order valence-electron chi connectivity index (χ1n) is 15.1. The van der Waals surface area contributed by atoms with Gasteiger partial charge in [0.05, 0.1) is 23.9 Å². The second-order valence-electron chi connectivity index (χ2n) is 11.8. The summed E-state index contributed by atoms with van der Waals surface area (Å²) in [5.74, 6) is 1.26. The summed E-state index contributed by atoms with van der Waals surface area (Å²) < 4.78 is 6.06. The predicted molar refractivity (Wildman–Crippen MR) is 164 cm³/mol. The number of ether oxygens (including phenoxy) is 1. The second-order valence-corrected chi connectivity index (χ2v) is 11.8. The van der Waals surface area contributed by atoms with Gasteiger partial charge in [0.1, 0.15) is 17.5 Å². The third-order valence-electron chi connectivity index (χ3n) is 8.53. The van der Waals surface area contributed by atoms with E-state index in [-0.39, 0.29) is 30.3 Å². The maximum absolute atomic E-state index is 14.4. The van der Waals surface area contributed by atoms with E-state index in [2.05, 4.69) is 31.3 Å². The highest BCUT2D eigenvalue weighted by Gasteiger charge is 2.47. The zero-order valence-electron chi connectivity index (χ0n) is 25.0. The van der Waals surface area contributed by atoms with Gasteiger partial charge in [0.2, 0.25) is 5.91 Å². The first-order chi connectivity index (χ1) is 20.8. The molecule has 2 atom stereocenters. The van der Waals surface area contributed by atoms with Crippen molar-refractivity contribution in [3.8, 4) is 11.5 Å². The summed E-state index contributed by atoms with van der Waals surface area (Å²) in [6, 6.07) is 23.7. The molecule has 0 unspecified atom stereocenters. The minimum atomic E-state index is -0.654. The number of hydrogen-bond acceptors (Lipinski definition) is 4. The summed E-state index contributed by atoms with van der Waals surface area (Å²) in [5.41, 5.74) is 4.36. The van der Waals surface area contributed by atoms with E-state index in [1.807, 2.05) is 78.6 Å². The molecule has 0 aromatic heterocycles. The van der Waals surface area contributed by atoms with Crippen molar-refractivity contribution in [3.05, 3.63) is 107 Å². The molecular formula is C35H38N4O4. The number of rotatable bonds is 8. The molecule has 0 saturated carbocycles. The van der Waals surface area contributed by atoms with Gasteiger partial charge < -0.3 is 19.9 Å². The number of benzene rings is 3. The molecule has 3 aliphatic heterocycles. The molecule has 3 aromatic carbocycles. The minimum absolute atomic E-state index is 0.0338. The molecule has 4 amide bonds.